The minimum absolute atomic E-state index is 0.0802. The first kappa shape index (κ1) is 13.4. The molecule has 3 nitrogen and oxygen atoms in total. The van der Waals surface area contributed by atoms with Crippen LogP contribution in [-0.2, 0) is 0 Å². The van der Waals surface area contributed by atoms with Crippen molar-refractivity contribution in [2.24, 2.45) is 0 Å². The SMILES string of the molecule is Cc1ccc(NC(=O)c2cc(F)ccc2N)c(Cl)c1. The van der Waals surface area contributed by atoms with Crippen molar-refractivity contribution in [2.75, 3.05) is 11.1 Å². The molecule has 0 aliphatic heterocycles. The summed E-state index contributed by atoms with van der Waals surface area (Å²) in [5.41, 5.74) is 7.38. The van der Waals surface area contributed by atoms with Crippen molar-refractivity contribution in [3.63, 3.8) is 0 Å². The zero-order chi connectivity index (χ0) is 14.0. The number of hydrogen-bond donors (Lipinski definition) is 2. The van der Waals surface area contributed by atoms with Crippen LogP contribution < -0.4 is 11.1 Å². The van der Waals surface area contributed by atoms with Crippen LogP contribution in [-0.4, -0.2) is 5.91 Å². The van der Waals surface area contributed by atoms with Gasteiger partial charge in [0, 0.05) is 5.69 Å². The molecule has 0 aliphatic rings. The molecule has 0 heterocycles. The molecule has 2 rings (SSSR count). The largest absolute Gasteiger partial charge is 0.398 e. The number of halogens is 2. The van der Waals surface area contributed by atoms with E-state index in [0.29, 0.717) is 10.7 Å². The van der Waals surface area contributed by atoms with Crippen molar-refractivity contribution in [2.45, 2.75) is 6.92 Å². The minimum atomic E-state index is -0.519. The number of benzene rings is 2. The number of anilines is 2. The van der Waals surface area contributed by atoms with Gasteiger partial charge in [0.05, 0.1) is 16.3 Å². The Labute approximate surface area is 115 Å². The van der Waals surface area contributed by atoms with Gasteiger partial charge in [0.15, 0.2) is 0 Å². The van der Waals surface area contributed by atoms with Gasteiger partial charge < -0.3 is 11.1 Å². The van der Waals surface area contributed by atoms with E-state index in [1.54, 1.807) is 12.1 Å². The molecule has 0 atom stereocenters. The van der Waals surface area contributed by atoms with Crippen molar-refractivity contribution in [3.05, 3.63) is 58.4 Å². The Morgan fingerprint density at radius 1 is 1.26 bits per heavy atom. The zero-order valence-corrected chi connectivity index (χ0v) is 11.0. The van der Waals surface area contributed by atoms with Crippen molar-refractivity contribution < 1.29 is 9.18 Å². The van der Waals surface area contributed by atoms with Crippen molar-refractivity contribution in [1.29, 1.82) is 0 Å². The van der Waals surface area contributed by atoms with E-state index in [9.17, 15) is 9.18 Å². The molecule has 0 aliphatic carbocycles. The number of nitrogens with one attached hydrogen (secondary N) is 1. The van der Waals surface area contributed by atoms with E-state index in [1.165, 1.54) is 12.1 Å². The number of hydrogen-bond acceptors (Lipinski definition) is 2. The van der Waals surface area contributed by atoms with Gasteiger partial charge in [-0.1, -0.05) is 17.7 Å². The quantitative estimate of drug-likeness (QED) is 0.824. The van der Waals surface area contributed by atoms with E-state index in [2.05, 4.69) is 5.32 Å². The second kappa shape index (κ2) is 5.28. The average molecular weight is 279 g/mol. The monoisotopic (exact) mass is 278 g/mol. The molecule has 5 heteroatoms. The van der Waals surface area contributed by atoms with Gasteiger partial charge in [-0.3, -0.25) is 4.79 Å². The summed E-state index contributed by atoms with van der Waals surface area (Å²) in [5, 5.41) is 3.02. The summed E-state index contributed by atoms with van der Waals surface area (Å²) >= 11 is 6.01. The van der Waals surface area contributed by atoms with E-state index >= 15 is 0 Å². The van der Waals surface area contributed by atoms with Crippen molar-refractivity contribution in [3.8, 4) is 0 Å². The van der Waals surface area contributed by atoms with Crippen LogP contribution in [0.2, 0.25) is 5.02 Å². The summed E-state index contributed by atoms with van der Waals surface area (Å²) in [4.78, 5) is 12.0. The summed E-state index contributed by atoms with van der Waals surface area (Å²) in [6.45, 7) is 1.89. The number of aryl methyl sites for hydroxylation is 1. The number of nitrogen functional groups attached to an aromatic ring is 1. The fourth-order valence-electron chi connectivity index (χ4n) is 1.64. The van der Waals surface area contributed by atoms with Gasteiger partial charge in [-0.05, 0) is 42.8 Å². The Bertz CT molecular complexity index is 643. The molecule has 0 saturated carbocycles. The van der Waals surface area contributed by atoms with Gasteiger partial charge in [0.2, 0.25) is 0 Å². The molecule has 0 saturated heterocycles. The number of rotatable bonds is 2. The Hall–Kier alpha value is -2.07. The highest BCUT2D eigenvalue weighted by Crippen LogP contribution is 2.24. The minimum Gasteiger partial charge on any atom is -0.398 e. The molecule has 19 heavy (non-hydrogen) atoms. The third kappa shape index (κ3) is 3.03. The molecule has 0 aromatic heterocycles. The van der Waals surface area contributed by atoms with Gasteiger partial charge >= 0.3 is 0 Å². The maximum Gasteiger partial charge on any atom is 0.257 e. The number of amides is 1. The molecule has 0 bridgehead atoms. The maximum absolute atomic E-state index is 13.1. The molecule has 3 N–H and O–H groups in total. The highest BCUT2D eigenvalue weighted by molar-refractivity contribution is 6.34. The first-order valence-electron chi connectivity index (χ1n) is 5.60. The number of carbonyl (C=O) groups is 1. The van der Waals surface area contributed by atoms with Crippen LogP contribution in [0, 0.1) is 12.7 Å². The molecule has 0 unspecified atom stereocenters. The first-order valence-corrected chi connectivity index (χ1v) is 5.97. The van der Waals surface area contributed by atoms with E-state index in [-0.39, 0.29) is 11.3 Å². The molecule has 2 aromatic rings. The van der Waals surface area contributed by atoms with E-state index in [1.807, 2.05) is 13.0 Å². The molecule has 2 aromatic carbocycles. The molecule has 0 radical (unpaired) electrons. The van der Waals surface area contributed by atoms with E-state index in [0.717, 1.165) is 11.6 Å². The lowest BCUT2D eigenvalue weighted by atomic mass is 10.1. The van der Waals surface area contributed by atoms with Crippen LogP contribution in [0.3, 0.4) is 0 Å². The van der Waals surface area contributed by atoms with Crippen LogP contribution in [0.25, 0.3) is 0 Å². The molecule has 98 valence electrons. The van der Waals surface area contributed by atoms with E-state index in [4.69, 9.17) is 17.3 Å². The van der Waals surface area contributed by atoms with Crippen LogP contribution in [0.1, 0.15) is 15.9 Å². The Balaban J connectivity index is 2.28. The lowest BCUT2D eigenvalue weighted by Gasteiger charge is -2.09. The lowest BCUT2D eigenvalue weighted by Crippen LogP contribution is -2.14. The second-order valence-corrected chi connectivity index (χ2v) is 4.58. The van der Waals surface area contributed by atoms with E-state index < -0.39 is 11.7 Å². The predicted molar refractivity (Wildman–Crippen MR) is 75.0 cm³/mol. The fraction of sp³-hybridized carbons (Fsp3) is 0.0714. The highest BCUT2D eigenvalue weighted by Gasteiger charge is 2.12. The van der Waals surface area contributed by atoms with Crippen molar-refractivity contribution >= 4 is 28.9 Å². The van der Waals surface area contributed by atoms with Gasteiger partial charge in [-0.25, -0.2) is 4.39 Å². The highest BCUT2D eigenvalue weighted by atomic mass is 35.5. The fourth-order valence-corrected chi connectivity index (χ4v) is 1.92. The van der Waals surface area contributed by atoms with Gasteiger partial charge in [0.25, 0.3) is 5.91 Å². The lowest BCUT2D eigenvalue weighted by molar-refractivity contribution is 0.102. The van der Waals surface area contributed by atoms with Gasteiger partial charge in [0.1, 0.15) is 5.82 Å². The molecule has 0 spiro atoms. The molecular weight excluding hydrogens is 267 g/mol. The Morgan fingerprint density at radius 3 is 2.68 bits per heavy atom. The van der Waals surface area contributed by atoms with Crippen LogP contribution >= 0.6 is 11.6 Å². The second-order valence-electron chi connectivity index (χ2n) is 4.17. The molecule has 1 amide bonds. The summed E-state index contributed by atoms with van der Waals surface area (Å²) in [7, 11) is 0. The normalized spacial score (nSPS) is 10.3. The summed E-state index contributed by atoms with van der Waals surface area (Å²) in [5.74, 6) is -1.02. The summed E-state index contributed by atoms with van der Waals surface area (Å²) in [6.07, 6.45) is 0. The third-order valence-corrected chi connectivity index (χ3v) is 2.95. The number of carbonyl (C=O) groups excluding carboxylic acids is 1. The molecular formula is C14H12ClFN2O. The first-order chi connectivity index (χ1) is 8.97. The maximum atomic E-state index is 13.1. The Kier molecular flexibility index (Phi) is 3.71. The Morgan fingerprint density at radius 2 is 2.00 bits per heavy atom. The van der Waals surface area contributed by atoms with Crippen molar-refractivity contribution in [1.82, 2.24) is 0 Å². The third-order valence-electron chi connectivity index (χ3n) is 2.63. The average Bonchev–Trinajstić information content (AvgIpc) is 2.35. The number of nitrogens with two attached hydrogens (primary N) is 1. The topological polar surface area (TPSA) is 55.1 Å². The standard InChI is InChI=1S/C14H12ClFN2O/c1-8-2-5-13(11(15)6-8)18-14(19)10-7-9(16)3-4-12(10)17/h2-7H,17H2,1H3,(H,18,19). The van der Waals surface area contributed by atoms with Gasteiger partial charge in [-0.15, -0.1) is 0 Å². The summed E-state index contributed by atoms with van der Waals surface area (Å²) < 4.78 is 13.1. The van der Waals surface area contributed by atoms with Crippen LogP contribution in [0.4, 0.5) is 15.8 Å². The van der Waals surface area contributed by atoms with Gasteiger partial charge in [-0.2, -0.15) is 0 Å². The van der Waals surface area contributed by atoms with Crippen LogP contribution in [0.15, 0.2) is 36.4 Å². The summed E-state index contributed by atoms with van der Waals surface area (Å²) in [6, 6.07) is 8.87. The predicted octanol–water partition coefficient (Wildman–Crippen LogP) is 3.62. The van der Waals surface area contributed by atoms with Crippen LogP contribution in [0.5, 0.6) is 0 Å². The molecule has 0 fully saturated rings. The zero-order valence-electron chi connectivity index (χ0n) is 10.2. The smallest absolute Gasteiger partial charge is 0.257 e.